The molecule has 0 aliphatic carbocycles. The fourth-order valence-electron chi connectivity index (χ4n) is 3.15. The van der Waals surface area contributed by atoms with Gasteiger partial charge in [-0.2, -0.15) is 0 Å². The van der Waals surface area contributed by atoms with Gasteiger partial charge in [0.1, 0.15) is 5.82 Å². The van der Waals surface area contributed by atoms with Gasteiger partial charge in [0.15, 0.2) is 0 Å². The van der Waals surface area contributed by atoms with Gasteiger partial charge < -0.3 is 9.88 Å². The first-order valence-corrected chi connectivity index (χ1v) is 9.32. The van der Waals surface area contributed by atoms with Crippen molar-refractivity contribution in [1.82, 2.24) is 14.9 Å². The minimum atomic E-state index is -0.165. The number of allylic oxidation sites excluding steroid dienone is 1. The Hall–Kier alpha value is -3.40. The molecule has 28 heavy (non-hydrogen) atoms. The van der Waals surface area contributed by atoms with Crippen molar-refractivity contribution in [3.8, 4) is 11.3 Å². The van der Waals surface area contributed by atoms with Gasteiger partial charge in [-0.05, 0) is 12.5 Å². The molecule has 0 bridgehead atoms. The number of nitrogens with zero attached hydrogens (tertiary/aromatic N) is 2. The lowest BCUT2D eigenvalue weighted by molar-refractivity contribution is -0.117. The van der Waals surface area contributed by atoms with E-state index in [4.69, 9.17) is 4.98 Å². The maximum atomic E-state index is 12.0. The van der Waals surface area contributed by atoms with Gasteiger partial charge in [0.05, 0.1) is 17.9 Å². The molecule has 0 fully saturated rings. The minimum absolute atomic E-state index is 0.165. The van der Waals surface area contributed by atoms with E-state index < -0.39 is 0 Å². The summed E-state index contributed by atoms with van der Waals surface area (Å²) < 4.78 is 2.18. The Kier molecular flexibility index (Phi) is 6.22. The molecule has 2 aromatic carbocycles. The zero-order chi connectivity index (χ0) is 19.9. The van der Waals surface area contributed by atoms with E-state index in [1.165, 1.54) is 5.56 Å². The third kappa shape index (κ3) is 4.46. The zero-order valence-corrected chi connectivity index (χ0v) is 16.2. The molecule has 0 atom stereocenters. The number of hydrogen-bond acceptors (Lipinski definition) is 2. The second-order valence-electron chi connectivity index (χ2n) is 6.71. The lowest BCUT2D eigenvalue weighted by Gasteiger charge is -2.12. The predicted molar refractivity (Wildman–Crippen MR) is 114 cm³/mol. The van der Waals surface area contributed by atoms with Crippen LogP contribution in [-0.4, -0.2) is 15.5 Å². The van der Waals surface area contributed by atoms with Crippen molar-refractivity contribution in [3.05, 3.63) is 103 Å². The first-order valence-electron chi connectivity index (χ1n) is 9.32. The molecule has 0 aliphatic rings. The van der Waals surface area contributed by atoms with E-state index in [0.717, 1.165) is 22.8 Å². The number of carbonyl (C=O) groups excluding carboxylic acids is 1. The molecule has 1 N–H and O–H groups in total. The van der Waals surface area contributed by atoms with Gasteiger partial charge in [-0.1, -0.05) is 73.3 Å². The van der Waals surface area contributed by atoms with Crippen molar-refractivity contribution in [2.75, 3.05) is 0 Å². The van der Waals surface area contributed by atoms with Crippen LogP contribution in [0.3, 0.4) is 0 Å². The van der Waals surface area contributed by atoms with Crippen molar-refractivity contribution in [2.45, 2.75) is 26.4 Å². The Morgan fingerprint density at radius 3 is 2.36 bits per heavy atom. The van der Waals surface area contributed by atoms with Crippen molar-refractivity contribution >= 4 is 5.91 Å². The molecular formula is C24H25N3O. The van der Waals surface area contributed by atoms with E-state index in [-0.39, 0.29) is 5.91 Å². The third-order valence-corrected chi connectivity index (χ3v) is 4.49. The van der Waals surface area contributed by atoms with Crippen molar-refractivity contribution < 1.29 is 4.79 Å². The number of aromatic nitrogens is 2. The molecule has 0 aliphatic heterocycles. The highest BCUT2D eigenvalue weighted by molar-refractivity contribution is 5.92. The average Bonchev–Trinajstić information content (AvgIpc) is 3.04. The number of carbonyl (C=O) groups is 1. The fourth-order valence-corrected chi connectivity index (χ4v) is 3.15. The number of imidazole rings is 1. The Morgan fingerprint density at radius 2 is 1.75 bits per heavy atom. The molecule has 0 radical (unpaired) electrons. The van der Waals surface area contributed by atoms with Crippen LogP contribution in [0, 0.1) is 0 Å². The Morgan fingerprint density at radius 1 is 1.11 bits per heavy atom. The maximum Gasteiger partial charge on any atom is 0.246 e. The van der Waals surface area contributed by atoms with Gasteiger partial charge in [-0.15, -0.1) is 6.58 Å². The lowest BCUT2D eigenvalue weighted by atomic mass is 10.1. The van der Waals surface area contributed by atoms with Gasteiger partial charge in [-0.25, -0.2) is 4.98 Å². The van der Waals surface area contributed by atoms with Crippen molar-refractivity contribution in [1.29, 1.82) is 0 Å². The Bertz CT molecular complexity index is 972. The second-order valence-corrected chi connectivity index (χ2v) is 6.71. The maximum absolute atomic E-state index is 12.0. The van der Waals surface area contributed by atoms with Crippen molar-refractivity contribution in [3.63, 3.8) is 0 Å². The van der Waals surface area contributed by atoms with Gasteiger partial charge in [0.25, 0.3) is 0 Å². The van der Waals surface area contributed by atoms with Gasteiger partial charge in [-0.3, -0.25) is 4.79 Å². The topological polar surface area (TPSA) is 46.9 Å². The molecule has 0 saturated carbocycles. The first kappa shape index (κ1) is 19.4. The molecule has 3 rings (SSSR count). The van der Waals surface area contributed by atoms with Gasteiger partial charge in [0.2, 0.25) is 5.91 Å². The number of amides is 1. The summed E-state index contributed by atoms with van der Waals surface area (Å²) in [5.74, 6) is 0.784. The van der Waals surface area contributed by atoms with Crippen LogP contribution in [0.4, 0.5) is 0 Å². The number of benzene rings is 2. The Labute approximate surface area is 166 Å². The lowest BCUT2D eigenvalue weighted by Crippen LogP contribution is -2.23. The molecule has 142 valence electrons. The smallest absolute Gasteiger partial charge is 0.246 e. The molecule has 0 spiro atoms. The summed E-state index contributed by atoms with van der Waals surface area (Å²) >= 11 is 0. The van der Waals surface area contributed by atoms with E-state index in [0.29, 0.717) is 25.1 Å². The standard InChI is InChI=1S/C24H25N3O/c1-4-15-27-22(16-19-11-7-5-8-12-19)26-21(17-25-24(28)18(2)3)23(27)20-13-9-6-10-14-20/h4-14H,1-2,15-17H2,3H3,(H,25,28). The van der Waals surface area contributed by atoms with Crippen LogP contribution < -0.4 is 5.32 Å². The zero-order valence-electron chi connectivity index (χ0n) is 16.2. The third-order valence-electron chi connectivity index (χ3n) is 4.49. The quantitative estimate of drug-likeness (QED) is 0.467. The normalized spacial score (nSPS) is 10.5. The van der Waals surface area contributed by atoms with Crippen LogP contribution in [0.1, 0.15) is 24.0 Å². The molecule has 1 amide bonds. The highest BCUT2D eigenvalue weighted by Crippen LogP contribution is 2.27. The molecule has 1 aromatic heterocycles. The van der Waals surface area contributed by atoms with Gasteiger partial charge in [0, 0.05) is 24.1 Å². The van der Waals surface area contributed by atoms with E-state index in [9.17, 15) is 4.79 Å². The summed E-state index contributed by atoms with van der Waals surface area (Å²) in [4.78, 5) is 16.9. The van der Waals surface area contributed by atoms with E-state index in [1.54, 1.807) is 6.92 Å². The SMILES string of the molecule is C=CCn1c(Cc2ccccc2)nc(CNC(=O)C(=C)C)c1-c1ccccc1. The molecule has 4 nitrogen and oxygen atoms in total. The summed E-state index contributed by atoms with van der Waals surface area (Å²) in [6.45, 7) is 10.3. The van der Waals surface area contributed by atoms with Crippen LogP contribution in [0.15, 0.2) is 85.5 Å². The predicted octanol–water partition coefficient (Wildman–Crippen LogP) is 4.52. The summed E-state index contributed by atoms with van der Waals surface area (Å²) in [6.07, 6.45) is 2.59. The van der Waals surface area contributed by atoms with Gasteiger partial charge >= 0.3 is 0 Å². The number of rotatable bonds is 8. The summed E-state index contributed by atoms with van der Waals surface area (Å²) in [5.41, 5.74) is 4.59. The minimum Gasteiger partial charge on any atom is -0.347 e. The van der Waals surface area contributed by atoms with Crippen LogP contribution in [-0.2, 0) is 24.3 Å². The first-order chi connectivity index (χ1) is 13.6. The molecule has 0 unspecified atom stereocenters. The highest BCUT2D eigenvalue weighted by Gasteiger charge is 2.19. The van der Waals surface area contributed by atoms with Crippen LogP contribution in [0.5, 0.6) is 0 Å². The van der Waals surface area contributed by atoms with E-state index in [1.807, 2.05) is 42.5 Å². The average molecular weight is 371 g/mol. The molecule has 0 saturated heterocycles. The summed E-state index contributed by atoms with van der Waals surface area (Å²) in [6, 6.07) is 20.4. The second kappa shape index (κ2) is 9.00. The highest BCUT2D eigenvalue weighted by atomic mass is 16.1. The van der Waals surface area contributed by atoms with Crippen LogP contribution in [0.2, 0.25) is 0 Å². The van der Waals surface area contributed by atoms with Crippen LogP contribution in [0.25, 0.3) is 11.3 Å². The number of hydrogen-bond donors (Lipinski definition) is 1. The molecular weight excluding hydrogens is 346 g/mol. The van der Waals surface area contributed by atoms with E-state index >= 15 is 0 Å². The van der Waals surface area contributed by atoms with E-state index in [2.05, 4.69) is 47.3 Å². The molecule has 1 heterocycles. The fraction of sp³-hybridized carbons (Fsp3) is 0.167. The van der Waals surface area contributed by atoms with Crippen LogP contribution >= 0.6 is 0 Å². The number of nitrogens with one attached hydrogen (secondary N) is 1. The molecule has 4 heteroatoms. The monoisotopic (exact) mass is 371 g/mol. The Balaban J connectivity index is 2.05. The molecule has 3 aromatic rings. The van der Waals surface area contributed by atoms with Crippen molar-refractivity contribution in [2.24, 2.45) is 0 Å². The largest absolute Gasteiger partial charge is 0.347 e. The summed E-state index contributed by atoms with van der Waals surface area (Å²) in [5, 5.41) is 2.91. The summed E-state index contributed by atoms with van der Waals surface area (Å²) in [7, 11) is 0.